The van der Waals surface area contributed by atoms with Gasteiger partial charge in [0.2, 0.25) is 5.91 Å². The number of carbonyl (C=O) groups is 2. The molecule has 6 heteroatoms. The number of benzene rings is 1. The summed E-state index contributed by atoms with van der Waals surface area (Å²) in [4.78, 5) is 31.0. The largest absolute Gasteiger partial charge is 0.357 e. The first-order valence-electron chi connectivity index (χ1n) is 10.5. The summed E-state index contributed by atoms with van der Waals surface area (Å²) >= 11 is 0. The van der Waals surface area contributed by atoms with Gasteiger partial charge >= 0.3 is 0 Å². The average molecular weight is 393 g/mol. The fraction of sp³-hybridized carbons (Fsp3) is 0.435. The number of nitrogens with one attached hydrogen (secondary N) is 2. The molecule has 2 aromatic rings. The van der Waals surface area contributed by atoms with Crippen LogP contribution in [0.1, 0.15) is 48.5 Å². The van der Waals surface area contributed by atoms with E-state index in [1.54, 1.807) is 18.3 Å². The number of pyridine rings is 1. The first-order chi connectivity index (χ1) is 14.1. The van der Waals surface area contributed by atoms with Crippen molar-refractivity contribution < 1.29 is 9.59 Å². The van der Waals surface area contributed by atoms with Crippen molar-refractivity contribution in [3.63, 3.8) is 0 Å². The lowest BCUT2D eigenvalue weighted by Crippen LogP contribution is -2.33. The zero-order valence-electron chi connectivity index (χ0n) is 16.9. The van der Waals surface area contributed by atoms with E-state index in [0.29, 0.717) is 17.8 Å². The Labute approximate surface area is 171 Å². The summed E-state index contributed by atoms with van der Waals surface area (Å²) < 4.78 is 0. The molecule has 1 aliphatic carbocycles. The summed E-state index contributed by atoms with van der Waals surface area (Å²) in [5, 5.41) is 5.83. The van der Waals surface area contributed by atoms with Crippen LogP contribution in [0.5, 0.6) is 0 Å². The average Bonchev–Trinajstić information content (AvgIpc) is 3.59. The number of anilines is 2. The molecule has 152 valence electrons. The first-order valence-corrected chi connectivity index (χ1v) is 10.5. The monoisotopic (exact) mass is 392 g/mol. The highest BCUT2D eigenvalue weighted by Gasteiger charge is 2.29. The molecule has 4 rings (SSSR count). The molecule has 1 saturated heterocycles. The van der Waals surface area contributed by atoms with Crippen molar-refractivity contribution in [3.8, 4) is 0 Å². The Morgan fingerprint density at radius 3 is 2.38 bits per heavy atom. The van der Waals surface area contributed by atoms with Crippen molar-refractivity contribution in [1.29, 1.82) is 0 Å². The van der Waals surface area contributed by atoms with Gasteiger partial charge in [0.25, 0.3) is 5.91 Å². The number of amides is 2. The summed E-state index contributed by atoms with van der Waals surface area (Å²) in [7, 11) is 0. The van der Waals surface area contributed by atoms with Crippen LogP contribution in [0, 0.1) is 11.8 Å². The number of hydrogen-bond acceptors (Lipinski definition) is 4. The molecule has 0 spiro atoms. The molecule has 2 heterocycles. The van der Waals surface area contributed by atoms with E-state index >= 15 is 0 Å². The van der Waals surface area contributed by atoms with Crippen LogP contribution in [0.25, 0.3) is 0 Å². The van der Waals surface area contributed by atoms with E-state index in [4.69, 9.17) is 0 Å². The number of piperidine rings is 1. The van der Waals surface area contributed by atoms with Gasteiger partial charge in [0.05, 0.1) is 11.9 Å². The van der Waals surface area contributed by atoms with E-state index in [1.807, 2.05) is 24.3 Å². The molecule has 2 N–H and O–H groups in total. The van der Waals surface area contributed by atoms with Gasteiger partial charge in [-0.15, -0.1) is 0 Å². The highest BCUT2D eigenvalue weighted by Crippen LogP contribution is 2.28. The number of carbonyl (C=O) groups excluding carboxylic acids is 2. The normalized spacial score (nSPS) is 17.1. The van der Waals surface area contributed by atoms with Crippen molar-refractivity contribution in [3.05, 3.63) is 53.7 Å². The van der Waals surface area contributed by atoms with Gasteiger partial charge in [-0.1, -0.05) is 19.1 Å². The molecular formula is C23H28N4O2. The molecule has 2 fully saturated rings. The molecule has 6 nitrogen and oxygen atoms in total. The van der Waals surface area contributed by atoms with Crippen LogP contribution in [-0.2, 0) is 11.3 Å². The van der Waals surface area contributed by atoms with E-state index in [2.05, 4.69) is 27.4 Å². The van der Waals surface area contributed by atoms with E-state index in [-0.39, 0.29) is 17.7 Å². The maximum absolute atomic E-state index is 12.5. The molecule has 1 aromatic heterocycles. The van der Waals surface area contributed by atoms with Crippen molar-refractivity contribution in [2.75, 3.05) is 23.3 Å². The molecule has 1 saturated carbocycles. The third-order valence-electron chi connectivity index (χ3n) is 5.74. The van der Waals surface area contributed by atoms with Crippen LogP contribution in [0.4, 0.5) is 11.5 Å². The predicted octanol–water partition coefficient (Wildman–Crippen LogP) is 3.60. The second-order valence-electron chi connectivity index (χ2n) is 8.22. The van der Waals surface area contributed by atoms with E-state index in [0.717, 1.165) is 43.2 Å². The lowest BCUT2D eigenvalue weighted by molar-refractivity contribution is -0.122. The van der Waals surface area contributed by atoms with Gasteiger partial charge in [0, 0.05) is 31.1 Å². The molecule has 1 aliphatic heterocycles. The molecular weight excluding hydrogens is 364 g/mol. The van der Waals surface area contributed by atoms with Gasteiger partial charge in [-0.3, -0.25) is 9.59 Å². The SMILES string of the molecule is CC1CCN(c2ccc(NC(=O)c3ccc(CNC(=O)C4CC4)cc3)cn2)CC1. The highest BCUT2D eigenvalue weighted by molar-refractivity contribution is 6.04. The molecule has 1 aromatic carbocycles. The maximum atomic E-state index is 12.5. The molecule has 2 amide bonds. The quantitative estimate of drug-likeness (QED) is 0.788. The Morgan fingerprint density at radius 2 is 1.76 bits per heavy atom. The predicted molar refractivity (Wildman–Crippen MR) is 114 cm³/mol. The van der Waals surface area contributed by atoms with Gasteiger partial charge in [-0.25, -0.2) is 4.98 Å². The van der Waals surface area contributed by atoms with Crippen molar-refractivity contribution >= 4 is 23.3 Å². The van der Waals surface area contributed by atoms with Crippen molar-refractivity contribution in [2.45, 2.75) is 39.2 Å². The Bertz CT molecular complexity index is 851. The van der Waals surface area contributed by atoms with Crippen LogP contribution < -0.4 is 15.5 Å². The highest BCUT2D eigenvalue weighted by atomic mass is 16.2. The third-order valence-corrected chi connectivity index (χ3v) is 5.74. The third kappa shape index (κ3) is 5.13. The lowest BCUT2D eigenvalue weighted by Gasteiger charge is -2.31. The van der Waals surface area contributed by atoms with Crippen LogP contribution in [0.3, 0.4) is 0 Å². The van der Waals surface area contributed by atoms with Gasteiger partial charge in [-0.05, 0) is 61.4 Å². The molecule has 0 bridgehead atoms. The van der Waals surface area contributed by atoms with E-state index in [1.165, 1.54) is 12.8 Å². The zero-order chi connectivity index (χ0) is 20.2. The molecule has 0 radical (unpaired) electrons. The zero-order valence-corrected chi connectivity index (χ0v) is 16.9. The fourth-order valence-electron chi connectivity index (χ4n) is 3.54. The molecule has 0 atom stereocenters. The van der Waals surface area contributed by atoms with Crippen LogP contribution in [-0.4, -0.2) is 29.9 Å². The van der Waals surface area contributed by atoms with Crippen molar-refractivity contribution in [2.24, 2.45) is 11.8 Å². The van der Waals surface area contributed by atoms with Gasteiger partial charge in [0.15, 0.2) is 0 Å². The van der Waals surface area contributed by atoms with Crippen LogP contribution in [0.15, 0.2) is 42.6 Å². The second-order valence-corrected chi connectivity index (χ2v) is 8.22. The smallest absolute Gasteiger partial charge is 0.255 e. The molecule has 0 unspecified atom stereocenters. The summed E-state index contributed by atoms with van der Waals surface area (Å²) in [6.45, 7) is 4.86. The fourth-order valence-corrected chi connectivity index (χ4v) is 3.54. The van der Waals surface area contributed by atoms with E-state index < -0.39 is 0 Å². The summed E-state index contributed by atoms with van der Waals surface area (Å²) in [6.07, 6.45) is 6.10. The number of nitrogens with zero attached hydrogens (tertiary/aromatic N) is 2. The minimum atomic E-state index is -0.167. The van der Waals surface area contributed by atoms with Crippen molar-refractivity contribution in [1.82, 2.24) is 10.3 Å². The standard InChI is InChI=1S/C23H28N4O2/c1-16-10-12-27(13-11-16)21-9-8-20(15-24-21)26-23(29)19-4-2-17(3-5-19)14-25-22(28)18-6-7-18/h2-5,8-9,15-16,18H,6-7,10-14H2,1H3,(H,25,28)(H,26,29). The maximum Gasteiger partial charge on any atom is 0.255 e. The topological polar surface area (TPSA) is 74.3 Å². The van der Waals surface area contributed by atoms with Crippen LogP contribution >= 0.6 is 0 Å². The van der Waals surface area contributed by atoms with Gasteiger partial charge < -0.3 is 15.5 Å². The summed E-state index contributed by atoms with van der Waals surface area (Å²) in [5.74, 6) is 1.92. The second kappa shape index (κ2) is 8.64. The minimum absolute atomic E-state index is 0.127. The van der Waals surface area contributed by atoms with Gasteiger partial charge in [-0.2, -0.15) is 0 Å². The summed E-state index contributed by atoms with van der Waals surface area (Å²) in [5.41, 5.74) is 2.25. The Balaban J connectivity index is 1.29. The number of rotatable bonds is 6. The Kier molecular flexibility index (Phi) is 5.79. The number of aromatic nitrogens is 1. The van der Waals surface area contributed by atoms with Gasteiger partial charge in [0.1, 0.15) is 5.82 Å². The lowest BCUT2D eigenvalue weighted by atomic mass is 9.99. The van der Waals surface area contributed by atoms with E-state index in [9.17, 15) is 9.59 Å². The molecule has 29 heavy (non-hydrogen) atoms. The summed E-state index contributed by atoms with van der Waals surface area (Å²) in [6, 6.07) is 11.2. The van der Waals surface area contributed by atoms with Crippen LogP contribution in [0.2, 0.25) is 0 Å². The molecule has 2 aliphatic rings. The number of hydrogen-bond donors (Lipinski definition) is 2. The Morgan fingerprint density at radius 1 is 1.03 bits per heavy atom. The minimum Gasteiger partial charge on any atom is -0.357 e. The first kappa shape index (κ1) is 19.4. The Hall–Kier alpha value is -2.89.